The van der Waals surface area contributed by atoms with Crippen LogP contribution in [0.15, 0.2) is 48.3 Å². The smallest absolute Gasteiger partial charge is 0.200 e. The Labute approximate surface area is 107 Å². The van der Waals surface area contributed by atoms with Crippen molar-refractivity contribution in [3.8, 4) is 0 Å². The van der Waals surface area contributed by atoms with Crippen LogP contribution >= 0.6 is 0 Å². The largest absolute Gasteiger partial charge is 0.494 e. The lowest BCUT2D eigenvalue weighted by molar-refractivity contribution is 0.0819. The molecule has 0 saturated carbocycles. The first-order valence-electron chi connectivity index (χ1n) is 5.62. The second-order valence-corrected chi connectivity index (χ2v) is 3.87. The summed E-state index contributed by atoms with van der Waals surface area (Å²) in [6.45, 7) is 14.2. The lowest BCUT2D eigenvalue weighted by Crippen LogP contribution is -2.10. The van der Waals surface area contributed by atoms with Crippen LogP contribution in [0.3, 0.4) is 0 Å². The molecule has 0 aliphatic carbocycles. The maximum absolute atomic E-state index is 13.6. The first kappa shape index (κ1) is 16.6. The molecule has 2 nitrogen and oxygen atoms in total. The van der Waals surface area contributed by atoms with E-state index < -0.39 is 11.7 Å². The van der Waals surface area contributed by atoms with Crippen LogP contribution in [0.5, 0.6) is 0 Å². The van der Waals surface area contributed by atoms with Crippen molar-refractivity contribution in [2.24, 2.45) is 0 Å². The number of hydrogen-bond acceptors (Lipinski definition) is 2. The van der Waals surface area contributed by atoms with E-state index in [0.717, 1.165) is 6.42 Å². The van der Waals surface area contributed by atoms with Crippen LogP contribution in [-0.2, 0) is 9.47 Å². The minimum atomic E-state index is -1.17. The summed E-state index contributed by atoms with van der Waals surface area (Å²) in [5.74, 6) is -2.68. The molecular weight excluding hydrogens is 238 g/mol. The standard InChI is InChI=1S/C14H20F2O2/c1-7-10(3)18-8-9(2)11(4)13(15)14(16)12(5)17-6/h10H,2,4-5,7-8H2,1,3,6H3/b14-13-. The van der Waals surface area contributed by atoms with Gasteiger partial charge in [0.05, 0.1) is 19.8 Å². The van der Waals surface area contributed by atoms with E-state index in [-0.39, 0.29) is 29.6 Å². The molecule has 1 unspecified atom stereocenters. The van der Waals surface area contributed by atoms with E-state index in [1.807, 2.05) is 13.8 Å². The SMILES string of the molecule is C=C(COC(C)CC)C(=C)/C(F)=C(/F)C(=C)OC. The number of methoxy groups -OCH3 is 1. The molecule has 0 rings (SSSR count). The van der Waals surface area contributed by atoms with Gasteiger partial charge in [0.15, 0.2) is 5.83 Å². The molecule has 0 spiro atoms. The predicted octanol–water partition coefficient (Wildman–Crippen LogP) is 4.22. The fraction of sp³-hybridized carbons (Fsp3) is 0.429. The molecule has 0 saturated heterocycles. The van der Waals surface area contributed by atoms with Crippen LogP contribution in [-0.4, -0.2) is 19.8 Å². The molecule has 0 aromatic rings. The highest BCUT2D eigenvalue weighted by Crippen LogP contribution is 2.26. The third kappa shape index (κ3) is 4.84. The zero-order chi connectivity index (χ0) is 14.3. The van der Waals surface area contributed by atoms with Gasteiger partial charge >= 0.3 is 0 Å². The molecule has 0 aliphatic rings. The lowest BCUT2D eigenvalue weighted by atomic mass is 10.1. The van der Waals surface area contributed by atoms with Crippen LogP contribution in [0.25, 0.3) is 0 Å². The Hall–Kier alpha value is -1.42. The molecule has 0 aromatic carbocycles. The van der Waals surface area contributed by atoms with Gasteiger partial charge in [0.2, 0.25) is 5.83 Å². The van der Waals surface area contributed by atoms with Gasteiger partial charge in [0.25, 0.3) is 0 Å². The topological polar surface area (TPSA) is 18.5 Å². The lowest BCUT2D eigenvalue weighted by Gasteiger charge is -2.13. The summed E-state index contributed by atoms with van der Waals surface area (Å²) < 4.78 is 36.9. The number of hydrogen-bond donors (Lipinski definition) is 0. The Kier molecular flexibility index (Phi) is 7.20. The third-order valence-electron chi connectivity index (χ3n) is 2.49. The monoisotopic (exact) mass is 258 g/mol. The van der Waals surface area contributed by atoms with Crippen molar-refractivity contribution in [3.05, 3.63) is 48.3 Å². The molecule has 0 amide bonds. The van der Waals surface area contributed by atoms with Gasteiger partial charge in [-0.15, -0.1) is 0 Å². The van der Waals surface area contributed by atoms with Crippen molar-refractivity contribution in [2.75, 3.05) is 13.7 Å². The quantitative estimate of drug-likeness (QED) is 0.479. The molecule has 0 fully saturated rings. The Morgan fingerprint density at radius 3 is 2.17 bits per heavy atom. The number of allylic oxidation sites excluding steroid dienone is 2. The van der Waals surface area contributed by atoms with Crippen LogP contribution in [0.2, 0.25) is 0 Å². The van der Waals surface area contributed by atoms with Crippen LogP contribution < -0.4 is 0 Å². The second-order valence-electron chi connectivity index (χ2n) is 3.87. The minimum absolute atomic E-state index is 0.0281. The van der Waals surface area contributed by atoms with Gasteiger partial charge in [-0.2, -0.15) is 4.39 Å². The molecule has 4 heteroatoms. The van der Waals surface area contributed by atoms with E-state index in [1.165, 1.54) is 7.11 Å². The molecular formula is C14H20F2O2. The summed E-state index contributed by atoms with van der Waals surface area (Å²) in [4.78, 5) is 0. The fourth-order valence-electron chi connectivity index (χ4n) is 0.948. The van der Waals surface area contributed by atoms with E-state index in [9.17, 15) is 8.78 Å². The number of halogens is 2. The van der Waals surface area contributed by atoms with Crippen molar-refractivity contribution < 1.29 is 18.3 Å². The highest BCUT2D eigenvalue weighted by atomic mass is 19.2. The average molecular weight is 258 g/mol. The van der Waals surface area contributed by atoms with Gasteiger partial charge in [-0.1, -0.05) is 26.7 Å². The fourth-order valence-corrected chi connectivity index (χ4v) is 0.948. The van der Waals surface area contributed by atoms with Crippen molar-refractivity contribution in [1.29, 1.82) is 0 Å². The van der Waals surface area contributed by atoms with Crippen molar-refractivity contribution >= 4 is 0 Å². The second kappa shape index (κ2) is 7.82. The molecule has 0 bridgehead atoms. The highest BCUT2D eigenvalue weighted by Gasteiger charge is 2.16. The zero-order valence-electron chi connectivity index (χ0n) is 11.2. The van der Waals surface area contributed by atoms with Gasteiger partial charge in [-0.25, -0.2) is 4.39 Å². The van der Waals surface area contributed by atoms with Crippen LogP contribution in [0, 0.1) is 0 Å². The maximum Gasteiger partial charge on any atom is 0.200 e. The summed E-state index contributed by atoms with van der Waals surface area (Å²) >= 11 is 0. The van der Waals surface area contributed by atoms with E-state index in [1.54, 1.807) is 0 Å². The van der Waals surface area contributed by atoms with E-state index in [4.69, 9.17) is 4.74 Å². The number of ether oxygens (including phenoxy) is 2. The summed E-state index contributed by atoms with van der Waals surface area (Å²) in [7, 11) is 1.21. The molecule has 102 valence electrons. The number of rotatable bonds is 8. The van der Waals surface area contributed by atoms with Gasteiger partial charge < -0.3 is 9.47 Å². The Balaban J connectivity index is 4.65. The van der Waals surface area contributed by atoms with E-state index in [2.05, 4.69) is 24.5 Å². The van der Waals surface area contributed by atoms with Gasteiger partial charge in [-0.05, 0) is 18.9 Å². The predicted molar refractivity (Wildman–Crippen MR) is 69.4 cm³/mol. The summed E-state index contributed by atoms with van der Waals surface area (Å²) in [5.41, 5.74) is 0.140. The van der Waals surface area contributed by atoms with Crippen LogP contribution in [0.4, 0.5) is 8.78 Å². The summed E-state index contributed by atoms with van der Waals surface area (Å²) in [6.07, 6.45) is 0.854. The third-order valence-corrected chi connectivity index (χ3v) is 2.49. The highest BCUT2D eigenvalue weighted by molar-refractivity contribution is 5.44. The van der Waals surface area contributed by atoms with Gasteiger partial charge in [0.1, 0.15) is 5.76 Å². The summed E-state index contributed by atoms with van der Waals surface area (Å²) in [6, 6.07) is 0. The molecule has 0 heterocycles. The van der Waals surface area contributed by atoms with Crippen molar-refractivity contribution in [2.45, 2.75) is 26.4 Å². The first-order chi connectivity index (χ1) is 8.34. The van der Waals surface area contributed by atoms with E-state index in [0.29, 0.717) is 0 Å². The zero-order valence-corrected chi connectivity index (χ0v) is 11.2. The Morgan fingerprint density at radius 2 is 1.72 bits per heavy atom. The van der Waals surface area contributed by atoms with Crippen molar-refractivity contribution in [3.63, 3.8) is 0 Å². The van der Waals surface area contributed by atoms with Gasteiger partial charge in [-0.3, -0.25) is 0 Å². The molecule has 0 N–H and O–H groups in total. The molecule has 0 radical (unpaired) electrons. The molecule has 18 heavy (non-hydrogen) atoms. The Bertz CT molecular complexity index is 370. The normalized spacial score (nSPS) is 13.6. The average Bonchev–Trinajstić information content (AvgIpc) is 2.40. The summed E-state index contributed by atoms with van der Waals surface area (Å²) in [5, 5.41) is 0. The van der Waals surface area contributed by atoms with Gasteiger partial charge in [0, 0.05) is 5.57 Å². The molecule has 0 aliphatic heterocycles. The maximum atomic E-state index is 13.6. The van der Waals surface area contributed by atoms with Crippen molar-refractivity contribution in [1.82, 2.24) is 0 Å². The molecule has 1 atom stereocenters. The Morgan fingerprint density at radius 1 is 1.17 bits per heavy atom. The van der Waals surface area contributed by atoms with E-state index >= 15 is 0 Å². The minimum Gasteiger partial charge on any atom is -0.494 e. The molecule has 0 aromatic heterocycles. The first-order valence-corrected chi connectivity index (χ1v) is 5.62. The van der Waals surface area contributed by atoms with Crippen LogP contribution in [0.1, 0.15) is 20.3 Å².